The van der Waals surface area contributed by atoms with Crippen molar-refractivity contribution in [2.45, 2.75) is 32.6 Å². The molecule has 0 saturated carbocycles. The fourth-order valence-corrected chi connectivity index (χ4v) is 1.53. The summed E-state index contributed by atoms with van der Waals surface area (Å²) in [6, 6.07) is 0. The van der Waals surface area contributed by atoms with Gasteiger partial charge in [0.2, 0.25) is 0 Å². The number of aromatic nitrogens is 1. The molecule has 1 saturated heterocycles. The smallest absolute Gasteiger partial charge is 0.199 e. The summed E-state index contributed by atoms with van der Waals surface area (Å²) in [6.45, 7) is 8.60. The average Bonchev–Trinajstić information content (AvgIpc) is 2.43. The molecule has 0 atom stereocenters. The zero-order valence-electron chi connectivity index (χ0n) is 9.13. The van der Waals surface area contributed by atoms with Crippen molar-refractivity contribution in [1.29, 1.82) is 0 Å². The molecule has 78 valence electrons. The maximum Gasteiger partial charge on any atom is 0.199 e. The maximum absolute atomic E-state index is 5.47. The largest absolute Gasteiger partial charge is 0.448 e. The summed E-state index contributed by atoms with van der Waals surface area (Å²) in [4.78, 5) is 4.51. The van der Waals surface area contributed by atoms with E-state index in [9.17, 15) is 0 Å². The molecule has 1 aromatic heterocycles. The molecule has 1 aliphatic rings. The van der Waals surface area contributed by atoms with Gasteiger partial charge >= 0.3 is 0 Å². The van der Waals surface area contributed by atoms with E-state index in [0.717, 1.165) is 37.0 Å². The molecule has 0 bridgehead atoms. The number of oxazole rings is 1. The van der Waals surface area contributed by atoms with E-state index < -0.39 is 0 Å². The lowest BCUT2D eigenvalue weighted by Gasteiger charge is -2.25. The van der Waals surface area contributed by atoms with Gasteiger partial charge in [-0.1, -0.05) is 20.8 Å². The van der Waals surface area contributed by atoms with Crippen LogP contribution >= 0.6 is 0 Å². The Balaban J connectivity index is 2.02. The van der Waals surface area contributed by atoms with Crippen molar-refractivity contribution in [3.05, 3.63) is 17.8 Å². The highest BCUT2D eigenvalue weighted by molar-refractivity contribution is 5.05. The Morgan fingerprint density at radius 3 is 2.64 bits per heavy atom. The van der Waals surface area contributed by atoms with Crippen LogP contribution in [0.25, 0.3) is 0 Å². The first-order chi connectivity index (χ1) is 6.55. The van der Waals surface area contributed by atoms with Crippen molar-refractivity contribution in [1.82, 2.24) is 10.3 Å². The summed E-state index contributed by atoms with van der Waals surface area (Å²) in [6.07, 6.45) is 2.85. The summed E-state index contributed by atoms with van der Waals surface area (Å²) in [5.74, 6) is 1.60. The second kappa shape index (κ2) is 3.39. The minimum absolute atomic E-state index is 0.0239. The first-order valence-electron chi connectivity index (χ1n) is 5.21. The van der Waals surface area contributed by atoms with Gasteiger partial charge in [-0.3, -0.25) is 0 Å². The van der Waals surface area contributed by atoms with E-state index in [2.05, 4.69) is 31.1 Å². The highest BCUT2D eigenvalue weighted by atomic mass is 16.3. The number of rotatable bonds is 2. The van der Waals surface area contributed by atoms with Gasteiger partial charge in [0.15, 0.2) is 5.89 Å². The molecule has 2 rings (SSSR count). The van der Waals surface area contributed by atoms with Gasteiger partial charge < -0.3 is 9.73 Å². The quantitative estimate of drug-likeness (QED) is 0.779. The molecule has 0 amide bonds. The van der Waals surface area contributed by atoms with Crippen LogP contribution in [0.2, 0.25) is 0 Å². The molecular weight excluding hydrogens is 176 g/mol. The van der Waals surface area contributed by atoms with Crippen LogP contribution in [0.5, 0.6) is 0 Å². The molecule has 0 spiro atoms. The molecule has 0 radical (unpaired) electrons. The van der Waals surface area contributed by atoms with Gasteiger partial charge in [0, 0.05) is 5.41 Å². The summed E-state index contributed by atoms with van der Waals surface area (Å²) < 4.78 is 5.47. The first kappa shape index (κ1) is 9.71. The number of nitrogens with zero attached hydrogens (tertiary/aromatic N) is 1. The minimum atomic E-state index is 0.0239. The van der Waals surface area contributed by atoms with Crippen LogP contribution < -0.4 is 5.32 Å². The second-order valence-electron chi connectivity index (χ2n) is 5.12. The highest BCUT2D eigenvalue weighted by Gasteiger charge is 2.23. The normalized spacial score (nSPS) is 18.2. The zero-order chi connectivity index (χ0) is 10.2. The fourth-order valence-electron chi connectivity index (χ4n) is 1.53. The molecule has 3 heteroatoms. The molecule has 1 fully saturated rings. The molecule has 1 aliphatic heterocycles. The molecule has 1 aromatic rings. The monoisotopic (exact) mass is 194 g/mol. The van der Waals surface area contributed by atoms with Crippen molar-refractivity contribution in [2.75, 3.05) is 13.1 Å². The summed E-state index contributed by atoms with van der Waals surface area (Å²) in [5, 5.41) is 3.26. The molecular formula is C11H18N2O. The van der Waals surface area contributed by atoms with Crippen LogP contribution in [0, 0.1) is 5.92 Å². The third kappa shape index (κ3) is 1.98. The van der Waals surface area contributed by atoms with Gasteiger partial charge in [-0.15, -0.1) is 0 Å². The Bertz CT molecular complexity index is 307. The van der Waals surface area contributed by atoms with Gasteiger partial charge in [-0.05, 0) is 25.4 Å². The Morgan fingerprint density at radius 1 is 1.50 bits per heavy atom. The molecule has 2 heterocycles. The lowest BCUT2D eigenvalue weighted by Crippen LogP contribution is -2.43. The van der Waals surface area contributed by atoms with E-state index in [1.54, 1.807) is 6.26 Å². The molecule has 1 N–H and O–H groups in total. The Hall–Kier alpha value is -0.830. The Labute approximate surface area is 84.9 Å². The standard InChI is InChI=1S/C11H18N2O/c1-11(2,3)10-13-9(7-14-10)4-8-5-12-6-8/h7-8,12H,4-6H2,1-3H3. The zero-order valence-corrected chi connectivity index (χ0v) is 9.13. The third-order valence-electron chi connectivity index (χ3n) is 2.56. The first-order valence-corrected chi connectivity index (χ1v) is 5.21. The van der Waals surface area contributed by atoms with Crippen molar-refractivity contribution >= 4 is 0 Å². The average molecular weight is 194 g/mol. The summed E-state index contributed by atoms with van der Waals surface area (Å²) >= 11 is 0. The van der Waals surface area contributed by atoms with Crippen molar-refractivity contribution in [3.63, 3.8) is 0 Å². The minimum Gasteiger partial charge on any atom is -0.448 e. The van der Waals surface area contributed by atoms with Crippen LogP contribution in [0.15, 0.2) is 10.7 Å². The summed E-state index contributed by atoms with van der Waals surface area (Å²) in [5.41, 5.74) is 1.12. The highest BCUT2D eigenvalue weighted by Crippen LogP contribution is 2.22. The van der Waals surface area contributed by atoms with Crippen LogP contribution in [-0.2, 0) is 11.8 Å². The van der Waals surface area contributed by atoms with E-state index in [0.29, 0.717) is 0 Å². The molecule has 14 heavy (non-hydrogen) atoms. The number of hydrogen-bond donors (Lipinski definition) is 1. The third-order valence-corrected chi connectivity index (χ3v) is 2.56. The second-order valence-corrected chi connectivity index (χ2v) is 5.12. The van der Waals surface area contributed by atoms with Crippen molar-refractivity contribution in [3.8, 4) is 0 Å². The van der Waals surface area contributed by atoms with E-state index in [1.807, 2.05) is 0 Å². The lowest BCUT2D eigenvalue weighted by atomic mass is 9.96. The van der Waals surface area contributed by atoms with Gasteiger partial charge in [0.1, 0.15) is 6.26 Å². The van der Waals surface area contributed by atoms with Gasteiger partial charge in [-0.2, -0.15) is 0 Å². The predicted octanol–water partition coefficient (Wildman–Crippen LogP) is 1.73. The lowest BCUT2D eigenvalue weighted by molar-refractivity contribution is 0.344. The fraction of sp³-hybridized carbons (Fsp3) is 0.727. The van der Waals surface area contributed by atoms with Crippen LogP contribution in [0.1, 0.15) is 32.4 Å². The van der Waals surface area contributed by atoms with E-state index >= 15 is 0 Å². The summed E-state index contributed by atoms with van der Waals surface area (Å²) in [7, 11) is 0. The van der Waals surface area contributed by atoms with Crippen molar-refractivity contribution in [2.24, 2.45) is 5.92 Å². The molecule has 0 aromatic carbocycles. The van der Waals surface area contributed by atoms with E-state index in [1.165, 1.54) is 0 Å². The molecule has 0 unspecified atom stereocenters. The van der Waals surface area contributed by atoms with Crippen LogP contribution in [-0.4, -0.2) is 18.1 Å². The molecule has 0 aliphatic carbocycles. The number of hydrogen-bond acceptors (Lipinski definition) is 3. The van der Waals surface area contributed by atoms with E-state index in [4.69, 9.17) is 4.42 Å². The molecule has 3 nitrogen and oxygen atoms in total. The van der Waals surface area contributed by atoms with Gasteiger partial charge in [0.05, 0.1) is 5.69 Å². The number of nitrogens with one attached hydrogen (secondary N) is 1. The SMILES string of the molecule is CC(C)(C)c1nc(CC2CNC2)co1. The predicted molar refractivity (Wildman–Crippen MR) is 55.3 cm³/mol. The van der Waals surface area contributed by atoms with Crippen LogP contribution in [0.4, 0.5) is 0 Å². The van der Waals surface area contributed by atoms with Crippen molar-refractivity contribution < 1.29 is 4.42 Å². The van der Waals surface area contributed by atoms with Gasteiger partial charge in [-0.25, -0.2) is 4.98 Å². The Morgan fingerprint density at radius 2 is 2.21 bits per heavy atom. The Kier molecular flexibility index (Phi) is 2.35. The van der Waals surface area contributed by atoms with E-state index in [-0.39, 0.29) is 5.41 Å². The topological polar surface area (TPSA) is 38.1 Å². The van der Waals surface area contributed by atoms with Crippen LogP contribution in [0.3, 0.4) is 0 Å². The maximum atomic E-state index is 5.47. The van der Waals surface area contributed by atoms with Gasteiger partial charge in [0.25, 0.3) is 0 Å².